The zero-order valence-electron chi connectivity index (χ0n) is 12.4. The summed E-state index contributed by atoms with van der Waals surface area (Å²) in [6.45, 7) is 0.192. The lowest BCUT2D eigenvalue weighted by Crippen LogP contribution is -2.50. The van der Waals surface area contributed by atoms with Gasteiger partial charge in [0, 0.05) is 0 Å². The monoisotopic (exact) mass is 305 g/mol. The smallest absolute Gasteiger partial charge is 0.407 e. The minimum absolute atomic E-state index is 0.140. The first kappa shape index (κ1) is 14.8. The van der Waals surface area contributed by atoms with Gasteiger partial charge in [-0.05, 0) is 18.4 Å². The molecular formula is C16H19NO5. The van der Waals surface area contributed by atoms with Crippen LogP contribution in [0.4, 0.5) is 4.79 Å². The molecule has 3 rings (SSSR count). The molecule has 4 atom stereocenters. The van der Waals surface area contributed by atoms with Crippen molar-refractivity contribution in [2.75, 3.05) is 7.11 Å². The van der Waals surface area contributed by atoms with E-state index in [0.29, 0.717) is 0 Å². The summed E-state index contributed by atoms with van der Waals surface area (Å²) in [7, 11) is 1.35. The van der Waals surface area contributed by atoms with E-state index in [9.17, 15) is 9.59 Å². The summed E-state index contributed by atoms with van der Waals surface area (Å²) in [6, 6.07) is 9.05. The maximum atomic E-state index is 12.0. The lowest BCUT2D eigenvalue weighted by atomic mass is 9.84. The van der Waals surface area contributed by atoms with Crippen LogP contribution in [-0.4, -0.2) is 37.4 Å². The van der Waals surface area contributed by atoms with Gasteiger partial charge >= 0.3 is 12.1 Å². The Balaban J connectivity index is 1.57. The molecule has 0 spiro atoms. The third-order valence-electron chi connectivity index (χ3n) is 4.24. The van der Waals surface area contributed by atoms with Gasteiger partial charge in [0.15, 0.2) is 0 Å². The minimum atomic E-state index is -0.543. The van der Waals surface area contributed by atoms with E-state index < -0.39 is 12.0 Å². The average molecular weight is 305 g/mol. The van der Waals surface area contributed by atoms with E-state index in [-0.39, 0.29) is 30.8 Å². The summed E-state index contributed by atoms with van der Waals surface area (Å²) in [6.07, 6.45) is 0.804. The highest BCUT2D eigenvalue weighted by atomic mass is 16.6. The van der Waals surface area contributed by atoms with Crippen LogP contribution in [0.1, 0.15) is 18.4 Å². The Morgan fingerprint density at radius 3 is 2.68 bits per heavy atom. The lowest BCUT2D eigenvalue weighted by molar-refractivity contribution is -0.147. The predicted molar refractivity (Wildman–Crippen MR) is 77.0 cm³/mol. The van der Waals surface area contributed by atoms with E-state index in [1.165, 1.54) is 7.11 Å². The van der Waals surface area contributed by atoms with E-state index in [2.05, 4.69) is 5.32 Å². The van der Waals surface area contributed by atoms with Crippen molar-refractivity contribution in [1.82, 2.24) is 5.32 Å². The highest BCUT2D eigenvalue weighted by Crippen LogP contribution is 2.39. The van der Waals surface area contributed by atoms with Crippen molar-refractivity contribution in [1.29, 1.82) is 0 Å². The van der Waals surface area contributed by atoms with Crippen molar-refractivity contribution >= 4 is 12.1 Å². The summed E-state index contributed by atoms with van der Waals surface area (Å²) < 4.78 is 15.7. The van der Waals surface area contributed by atoms with Gasteiger partial charge in [0.05, 0.1) is 25.4 Å². The summed E-state index contributed by atoms with van der Waals surface area (Å²) in [5, 5.41) is 2.76. The van der Waals surface area contributed by atoms with Crippen molar-refractivity contribution in [3.05, 3.63) is 35.9 Å². The van der Waals surface area contributed by atoms with Gasteiger partial charge in [-0.1, -0.05) is 30.3 Å². The predicted octanol–water partition coefficient (Wildman–Crippen LogP) is 1.63. The molecule has 0 aromatic heterocycles. The number of rotatable bonds is 4. The van der Waals surface area contributed by atoms with Crippen LogP contribution in [0.25, 0.3) is 0 Å². The van der Waals surface area contributed by atoms with Crippen LogP contribution in [0.2, 0.25) is 0 Å². The van der Waals surface area contributed by atoms with Crippen LogP contribution >= 0.6 is 0 Å². The van der Waals surface area contributed by atoms with E-state index in [4.69, 9.17) is 14.2 Å². The molecule has 6 nitrogen and oxygen atoms in total. The number of ether oxygens (including phenoxy) is 3. The lowest BCUT2D eigenvalue weighted by Gasteiger charge is -2.26. The van der Waals surface area contributed by atoms with Crippen molar-refractivity contribution in [2.45, 2.75) is 37.7 Å². The number of hydrogen-bond donors (Lipinski definition) is 1. The van der Waals surface area contributed by atoms with Crippen molar-refractivity contribution in [3.8, 4) is 0 Å². The third-order valence-corrected chi connectivity index (χ3v) is 4.24. The number of alkyl carbamates (subject to hydrolysis) is 1. The molecule has 2 aliphatic rings. The molecule has 1 aromatic carbocycles. The zero-order chi connectivity index (χ0) is 15.5. The molecule has 0 radical (unpaired) electrons. The Morgan fingerprint density at radius 2 is 1.95 bits per heavy atom. The van der Waals surface area contributed by atoms with Gasteiger partial charge in [-0.2, -0.15) is 0 Å². The van der Waals surface area contributed by atoms with Crippen LogP contribution in [0.3, 0.4) is 0 Å². The zero-order valence-corrected chi connectivity index (χ0v) is 12.4. The van der Waals surface area contributed by atoms with Crippen LogP contribution in [0.5, 0.6) is 0 Å². The molecule has 2 aliphatic heterocycles. The number of hydrogen-bond acceptors (Lipinski definition) is 5. The number of amides is 1. The summed E-state index contributed by atoms with van der Waals surface area (Å²) in [5.41, 5.74) is 0.909. The Bertz CT molecular complexity index is 547. The Morgan fingerprint density at radius 1 is 1.23 bits per heavy atom. The fourth-order valence-electron chi connectivity index (χ4n) is 3.20. The standard InChI is InChI=1S/C16H19NO5/c1-20-15(18)13-11-7-8-12(22-11)14(13)17-16(19)21-9-10-5-3-2-4-6-10/h2-6,11-14H,7-9H2,1H3,(H,17,19)/t11-,12+,13?,14-/m1/s1. The van der Waals surface area contributed by atoms with Gasteiger partial charge in [-0.25, -0.2) is 4.79 Å². The maximum absolute atomic E-state index is 12.0. The number of benzene rings is 1. The molecule has 0 saturated carbocycles. The van der Waals surface area contributed by atoms with Gasteiger partial charge in [0.25, 0.3) is 0 Å². The molecule has 2 fully saturated rings. The second-order valence-electron chi connectivity index (χ2n) is 5.57. The molecule has 1 aromatic rings. The van der Waals surface area contributed by atoms with E-state index in [1.807, 2.05) is 30.3 Å². The van der Waals surface area contributed by atoms with Gasteiger partial charge in [-0.3, -0.25) is 4.79 Å². The fourth-order valence-corrected chi connectivity index (χ4v) is 3.20. The van der Waals surface area contributed by atoms with E-state index in [1.54, 1.807) is 0 Å². The second-order valence-corrected chi connectivity index (χ2v) is 5.57. The summed E-state index contributed by atoms with van der Waals surface area (Å²) >= 11 is 0. The molecular weight excluding hydrogens is 286 g/mol. The van der Waals surface area contributed by atoms with Crippen LogP contribution < -0.4 is 5.32 Å². The van der Waals surface area contributed by atoms with Crippen LogP contribution in [-0.2, 0) is 25.6 Å². The number of methoxy groups -OCH3 is 1. The molecule has 2 saturated heterocycles. The number of esters is 1. The topological polar surface area (TPSA) is 73.9 Å². The molecule has 1 unspecified atom stereocenters. The largest absolute Gasteiger partial charge is 0.469 e. The normalized spacial score (nSPS) is 29.1. The molecule has 2 heterocycles. The van der Waals surface area contributed by atoms with Crippen molar-refractivity contribution in [3.63, 3.8) is 0 Å². The molecule has 22 heavy (non-hydrogen) atoms. The SMILES string of the molecule is COC(=O)C1[C@H]2CC[C@H](O2)[C@H]1NC(=O)OCc1ccccc1. The second kappa shape index (κ2) is 6.36. The Kier molecular flexibility index (Phi) is 4.29. The van der Waals surface area contributed by atoms with Crippen molar-refractivity contribution in [2.24, 2.45) is 5.92 Å². The van der Waals surface area contributed by atoms with E-state index >= 15 is 0 Å². The molecule has 1 amide bonds. The molecule has 118 valence electrons. The highest BCUT2D eigenvalue weighted by molar-refractivity contribution is 5.76. The first-order valence-electron chi connectivity index (χ1n) is 7.39. The number of carbonyl (C=O) groups excluding carboxylic acids is 2. The average Bonchev–Trinajstić information content (AvgIpc) is 3.14. The Labute approximate surface area is 128 Å². The summed E-state index contributed by atoms with van der Waals surface area (Å²) in [5.74, 6) is -0.798. The van der Waals surface area contributed by atoms with Gasteiger partial charge in [0.2, 0.25) is 0 Å². The number of fused-ring (bicyclic) bond motifs is 2. The fraction of sp³-hybridized carbons (Fsp3) is 0.500. The molecule has 1 N–H and O–H groups in total. The quantitative estimate of drug-likeness (QED) is 0.856. The van der Waals surface area contributed by atoms with Crippen LogP contribution in [0.15, 0.2) is 30.3 Å². The van der Waals surface area contributed by atoms with Gasteiger partial charge in [-0.15, -0.1) is 0 Å². The first-order chi connectivity index (χ1) is 10.7. The summed E-state index contributed by atoms with van der Waals surface area (Å²) in [4.78, 5) is 23.8. The minimum Gasteiger partial charge on any atom is -0.469 e. The van der Waals surface area contributed by atoms with Gasteiger partial charge < -0.3 is 19.5 Å². The highest BCUT2D eigenvalue weighted by Gasteiger charge is 2.53. The Hall–Kier alpha value is -2.08. The first-order valence-corrected chi connectivity index (χ1v) is 7.39. The molecule has 2 bridgehead atoms. The van der Waals surface area contributed by atoms with Crippen LogP contribution in [0, 0.1) is 5.92 Å². The number of carbonyl (C=O) groups is 2. The van der Waals surface area contributed by atoms with E-state index in [0.717, 1.165) is 18.4 Å². The van der Waals surface area contributed by atoms with Gasteiger partial charge in [0.1, 0.15) is 12.5 Å². The third kappa shape index (κ3) is 2.92. The van der Waals surface area contributed by atoms with Crippen molar-refractivity contribution < 1.29 is 23.8 Å². The number of nitrogens with one attached hydrogen (secondary N) is 1. The molecule has 6 heteroatoms. The molecule has 0 aliphatic carbocycles. The maximum Gasteiger partial charge on any atom is 0.407 e.